The van der Waals surface area contributed by atoms with Gasteiger partial charge in [0.2, 0.25) is 0 Å². The molecule has 0 spiro atoms. The van der Waals surface area contributed by atoms with Crippen LogP contribution in [0.25, 0.3) is 0 Å². The SMILES string of the molecule is CC.CC.CC.CC.CC.CC.CC.CC.CC.CC.CC.Cc1ccn[nH]1.Cc1cn[nH]c1.Cc1cn[nH]n1.Cc1ncn[nH]1.Cn1cccc1.Cn1cccn1.Cn1ccnc1.Cn1ccnn1.Cn1cncn1.Cn1cnnc1.Cn1nccn1. The maximum atomic E-state index is 3.83. The number of imidazole rings is 1. The summed E-state index contributed by atoms with van der Waals surface area (Å²) in [5, 5.41) is 57.9. The number of aromatic nitrogens is 27. The normalized spacial score (nSPS) is 7.38. The first-order valence-corrected chi connectivity index (χ1v) is 30.5. The summed E-state index contributed by atoms with van der Waals surface area (Å²) in [6.45, 7) is 51.7. The zero-order valence-corrected chi connectivity index (χ0v) is 61.1. The van der Waals surface area contributed by atoms with Gasteiger partial charge in [-0.1, -0.05) is 158 Å². The van der Waals surface area contributed by atoms with Crippen LogP contribution >= 0.6 is 0 Å². The van der Waals surface area contributed by atoms with Crippen LogP contribution in [0, 0.1) is 27.7 Å². The van der Waals surface area contributed by atoms with Crippen molar-refractivity contribution in [1.29, 1.82) is 0 Å². The van der Waals surface area contributed by atoms with E-state index in [1.807, 2.05) is 287 Å². The second kappa shape index (κ2) is 100.0. The third-order valence-electron chi connectivity index (χ3n) is 6.52. The first-order valence-electron chi connectivity index (χ1n) is 30.5. The van der Waals surface area contributed by atoms with Crippen LogP contribution in [-0.2, 0) is 49.3 Å². The summed E-state index contributed by atoms with van der Waals surface area (Å²) < 4.78 is 10.7. The van der Waals surface area contributed by atoms with Gasteiger partial charge in [-0.15, -0.1) is 15.3 Å². The third kappa shape index (κ3) is 96.1. The topological polar surface area (TPSA) is 304 Å². The Hall–Kier alpha value is -9.04. The van der Waals surface area contributed by atoms with Gasteiger partial charge < -0.3 is 13.7 Å². The van der Waals surface area contributed by atoms with Crippen LogP contribution in [-0.4, -0.2) is 134 Å². The van der Waals surface area contributed by atoms with Crippen molar-refractivity contribution in [2.24, 2.45) is 49.3 Å². The molecule has 0 aliphatic rings. The molecule has 4 N–H and O–H groups in total. The van der Waals surface area contributed by atoms with Gasteiger partial charge in [-0.3, -0.25) is 29.3 Å². The van der Waals surface area contributed by atoms with Gasteiger partial charge in [0.1, 0.15) is 37.5 Å². The molecule has 11 aromatic heterocycles. The molecule has 0 aromatic carbocycles. The van der Waals surface area contributed by atoms with Crippen LogP contribution in [0.2, 0.25) is 0 Å². The number of aromatic amines is 4. The van der Waals surface area contributed by atoms with E-state index in [9.17, 15) is 0 Å². The summed E-state index contributed by atoms with van der Waals surface area (Å²) >= 11 is 0. The molecule has 0 saturated carbocycles. The van der Waals surface area contributed by atoms with Gasteiger partial charge in [-0.05, 0) is 57.5 Å². The van der Waals surface area contributed by atoms with Crippen molar-refractivity contribution in [3.63, 3.8) is 0 Å². The maximum absolute atomic E-state index is 3.83. The van der Waals surface area contributed by atoms with E-state index in [1.165, 1.54) is 23.0 Å². The average Bonchev–Trinajstić information content (AvgIpc) is 4.40. The Labute approximate surface area is 533 Å². The zero-order chi connectivity index (χ0) is 70.5. The molecule has 0 unspecified atom stereocenters. The largest absolute Gasteiger partial charge is 0.357 e. The summed E-state index contributed by atoms with van der Waals surface area (Å²) in [5.74, 6) is 0.856. The van der Waals surface area contributed by atoms with E-state index in [4.69, 9.17) is 0 Å². The Kier molecular flexibility index (Phi) is 118. The summed E-state index contributed by atoms with van der Waals surface area (Å²) in [5.41, 5.74) is 3.21. The van der Waals surface area contributed by atoms with Crippen molar-refractivity contribution in [2.75, 3.05) is 0 Å². The second-order valence-corrected chi connectivity index (χ2v) is 12.7. The molecule has 0 fully saturated rings. The van der Waals surface area contributed by atoms with E-state index in [1.54, 1.807) is 107 Å². The lowest BCUT2D eigenvalue weighted by molar-refractivity contribution is 0.654. The maximum Gasteiger partial charge on any atom is 0.137 e. The highest BCUT2D eigenvalue weighted by Gasteiger charge is 1.78. The molecule has 0 bridgehead atoms. The number of nitrogens with zero attached hydrogens (tertiary/aromatic N) is 23. The number of rotatable bonds is 0. The number of H-pyrrole nitrogens is 4. The van der Waals surface area contributed by atoms with Crippen molar-refractivity contribution in [3.8, 4) is 0 Å². The molecule has 27 heteroatoms. The summed E-state index contributed by atoms with van der Waals surface area (Å²) in [7, 11) is 13.1. The Morgan fingerprint density at radius 3 is 1.07 bits per heavy atom. The first-order chi connectivity index (χ1) is 42.8. The lowest BCUT2D eigenvalue weighted by atomic mass is 10.4. The summed E-state index contributed by atoms with van der Waals surface area (Å²) in [6, 6.07) is 7.81. The minimum atomic E-state index is 0.856. The fraction of sp³-hybridized carbons (Fsp3) is 0.541. The smallest absolute Gasteiger partial charge is 0.137 e. The molecule has 88 heavy (non-hydrogen) atoms. The lowest BCUT2D eigenvalue weighted by Crippen LogP contribution is -1.89. The molecule has 0 aliphatic carbocycles. The molecule has 0 radical (unpaired) electrons. The van der Waals surface area contributed by atoms with Gasteiger partial charge in [0.25, 0.3) is 0 Å². The van der Waals surface area contributed by atoms with Crippen LogP contribution in [0.1, 0.15) is 175 Å². The molecule has 0 aliphatic heterocycles. The van der Waals surface area contributed by atoms with Crippen molar-refractivity contribution >= 4 is 0 Å². The van der Waals surface area contributed by atoms with Crippen LogP contribution in [0.5, 0.6) is 0 Å². The molecule has 11 heterocycles. The van der Waals surface area contributed by atoms with Crippen molar-refractivity contribution < 1.29 is 0 Å². The number of nitrogens with one attached hydrogen (secondary N) is 4. The van der Waals surface area contributed by atoms with E-state index >= 15 is 0 Å². The molecular formula is C61H127N27. The first kappa shape index (κ1) is 104. The number of aryl methyl sites for hydroxylation is 11. The third-order valence-corrected chi connectivity index (χ3v) is 6.52. The molecule has 27 nitrogen and oxygen atoms in total. The fourth-order valence-electron chi connectivity index (χ4n) is 3.33. The van der Waals surface area contributed by atoms with E-state index < -0.39 is 0 Å². The van der Waals surface area contributed by atoms with Gasteiger partial charge >= 0.3 is 0 Å². The highest BCUT2D eigenvalue weighted by molar-refractivity contribution is 4.97. The minimum Gasteiger partial charge on any atom is -0.357 e. The molecule has 0 atom stereocenters. The Morgan fingerprint density at radius 2 is 0.943 bits per heavy atom. The number of hydrogen-bond acceptors (Lipinski definition) is 16. The summed E-state index contributed by atoms with van der Waals surface area (Å²) in [4.78, 5) is 12.7. The Balaban J connectivity index is -0.0000000798. The van der Waals surface area contributed by atoms with E-state index in [0.717, 1.165) is 17.2 Å². The molecule has 506 valence electrons. The van der Waals surface area contributed by atoms with Crippen LogP contribution in [0.4, 0.5) is 0 Å². The fourth-order valence-corrected chi connectivity index (χ4v) is 3.33. The van der Waals surface area contributed by atoms with E-state index in [-0.39, 0.29) is 0 Å². The lowest BCUT2D eigenvalue weighted by Gasteiger charge is -1.79. The Bertz CT molecular complexity index is 1830. The average molecular weight is 1240 g/mol. The predicted molar refractivity (Wildman–Crippen MR) is 370 cm³/mol. The van der Waals surface area contributed by atoms with Gasteiger partial charge in [0, 0.05) is 111 Å². The Morgan fingerprint density at radius 1 is 0.386 bits per heavy atom. The van der Waals surface area contributed by atoms with Crippen LogP contribution in [0.3, 0.4) is 0 Å². The van der Waals surface area contributed by atoms with Gasteiger partial charge in [-0.2, -0.15) is 55.9 Å². The number of hydrogen-bond donors (Lipinski definition) is 4. The van der Waals surface area contributed by atoms with Crippen molar-refractivity contribution in [1.82, 2.24) is 134 Å². The highest BCUT2D eigenvalue weighted by Crippen LogP contribution is 1.85. The second-order valence-electron chi connectivity index (χ2n) is 12.7. The minimum absolute atomic E-state index is 0.856. The molecular weight excluding hydrogens is 1110 g/mol. The molecule has 11 aromatic rings. The van der Waals surface area contributed by atoms with Crippen LogP contribution in [0.15, 0.2) is 149 Å². The zero-order valence-electron chi connectivity index (χ0n) is 61.1. The molecule has 0 amide bonds. The monoisotopic (exact) mass is 1240 g/mol. The van der Waals surface area contributed by atoms with Gasteiger partial charge in [0.15, 0.2) is 0 Å². The van der Waals surface area contributed by atoms with E-state index in [2.05, 4.69) is 102 Å². The quantitative estimate of drug-likeness (QED) is 0.110. The van der Waals surface area contributed by atoms with Crippen molar-refractivity contribution in [2.45, 2.75) is 180 Å². The van der Waals surface area contributed by atoms with Gasteiger partial charge in [-0.25, -0.2) is 15.0 Å². The molecule has 0 saturated heterocycles. The molecule has 11 rings (SSSR count). The highest BCUT2D eigenvalue weighted by atomic mass is 15.4. The standard InChI is InChI=1S/C5H7N.4C4H6N2.6C3H5N3.11C2H6/c1-6-4-2-3-5-6;1-4-2-5-6-3-4;1-6-3-2-5-4-6;1-6-4-2-3-5-6;1-4-2-3-5-6-4;1-6-2-4-5-3-6;1-6-3-4-2-5-6;1-6-3-2-4-5-6;1-6-4-2-3-5-6;1-3-4-2-5-6-3;1-3-2-4-6-5-3;11*1-2/h2-5H,1H3;2-3H,1H3,(H,5,6);2*2-4H,1H3;2-3H,1H3,(H,5,6);4*2-3H,1H3;2*2H,1H3,(H,4,5,6);11*1-2H3. The van der Waals surface area contributed by atoms with Crippen molar-refractivity contribution in [3.05, 3.63) is 172 Å². The van der Waals surface area contributed by atoms with Gasteiger partial charge in [0.05, 0.1) is 43.0 Å². The van der Waals surface area contributed by atoms with E-state index in [0.29, 0.717) is 0 Å². The summed E-state index contributed by atoms with van der Waals surface area (Å²) in [6.07, 6.45) is 34.6. The predicted octanol–water partition coefficient (Wildman–Crippen LogP) is 14.1. The van der Waals surface area contributed by atoms with Crippen LogP contribution < -0.4 is 0 Å².